The van der Waals surface area contributed by atoms with Crippen LogP contribution in [0.15, 0.2) is 41.6 Å². The molecule has 184 valence electrons. The van der Waals surface area contributed by atoms with Crippen LogP contribution in [0, 0.1) is 5.82 Å². The first kappa shape index (κ1) is 25.9. The largest absolute Gasteiger partial charge is 0.497 e. The standard InChI is InChI=1S/C21H24ClFN4O5S2/c1-31-15-6-5-14(19(9-15)32-2)12-27(21-25-13-26-33-21)34(29,30)20-10-16(22)18(11-17(20)23)24-7-3-4-8-28/h5-6,9-11,13,24,28H,3-4,7-8,12H2,1-2H3. The molecule has 13 heteroatoms. The molecule has 0 amide bonds. The maximum Gasteiger partial charge on any atom is 0.269 e. The third-order valence-corrected chi connectivity index (χ3v) is 7.73. The van der Waals surface area contributed by atoms with E-state index in [0.717, 1.165) is 28.0 Å². The number of benzene rings is 2. The molecule has 0 aliphatic rings. The van der Waals surface area contributed by atoms with Gasteiger partial charge in [0.1, 0.15) is 28.5 Å². The van der Waals surface area contributed by atoms with E-state index < -0.39 is 20.7 Å². The summed E-state index contributed by atoms with van der Waals surface area (Å²) < 4.78 is 57.7. The first-order valence-corrected chi connectivity index (χ1v) is 12.7. The lowest BCUT2D eigenvalue weighted by Crippen LogP contribution is -2.31. The molecule has 1 aromatic heterocycles. The van der Waals surface area contributed by atoms with Crippen LogP contribution < -0.4 is 19.1 Å². The number of halogens is 2. The van der Waals surface area contributed by atoms with Gasteiger partial charge >= 0.3 is 0 Å². The Morgan fingerprint density at radius 3 is 2.65 bits per heavy atom. The Hall–Kier alpha value is -2.67. The number of ether oxygens (including phenoxy) is 2. The average molecular weight is 531 g/mol. The van der Waals surface area contributed by atoms with E-state index in [4.69, 9.17) is 26.2 Å². The van der Waals surface area contributed by atoms with Gasteiger partial charge in [-0.25, -0.2) is 22.1 Å². The van der Waals surface area contributed by atoms with E-state index >= 15 is 4.39 Å². The Balaban J connectivity index is 1.98. The monoisotopic (exact) mass is 530 g/mol. The first-order chi connectivity index (χ1) is 16.3. The van der Waals surface area contributed by atoms with Crippen LogP contribution in [0.5, 0.6) is 11.5 Å². The molecule has 0 saturated heterocycles. The first-order valence-electron chi connectivity index (χ1n) is 10.2. The predicted octanol–water partition coefficient (Wildman–Crippen LogP) is 3.93. The summed E-state index contributed by atoms with van der Waals surface area (Å²) in [6.07, 6.45) is 2.44. The Labute approximate surface area is 206 Å². The lowest BCUT2D eigenvalue weighted by Gasteiger charge is -2.23. The van der Waals surface area contributed by atoms with Crippen LogP contribution in [0.2, 0.25) is 5.02 Å². The van der Waals surface area contributed by atoms with Crippen molar-refractivity contribution in [3.8, 4) is 11.5 Å². The van der Waals surface area contributed by atoms with Crippen molar-refractivity contribution in [2.45, 2.75) is 24.3 Å². The van der Waals surface area contributed by atoms with Gasteiger partial charge < -0.3 is 19.9 Å². The molecule has 2 N–H and O–H groups in total. The highest BCUT2D eigenvalue weighted by atomic mass is 35.5. The Kier molecular flexibility index (Phi) is 8.89. The highest BCUT2D eigenvalue weighted by molar-refractivity contribution is 7.93. The third kappa shape index (κ3) is 5.87. The molecule has 0 saturated carbocycles. The van der Waals surface area contributed by atoms with E-state index in [0.29, 0.717) is 36.4 Å². The molecule has 0 fully saturated rings. The minimum absolute atomic E-state index is 0.0430. The smallest absolute Gasteiger partial charge is 0.269 e. The predicted molar refractivity (Wildman–Crippen MR) is 129 cm³/mol. The van der Waals surface area contributed by atoms with E-state index in [-0.39, 0.29) is 29.0 Å². The van der Waals surface area contributed by atoms with E-state index in [1.165, 1.54) is 20.5 Å². The summed E-state index contributed by atoms with van der Waals surface area (Å²) in [6, 6.07) is 7.05. The Bertz CT molecular complexity index is 1210. The van der Waals surface area contributed by atoms with Gasteiger partial charge in [-0.05, 0) is 37.1 Å². The molecule has 2 aromatic carbocycles. The van der Waals surface area contributed by atoms with Gasteiger partial charge in [0.05, 0.1) is 31.5 Å². The second-order valence-electron chi connectivity index (χ2n) is 7.03. The Morgan fingerprint density at radius 2 is 2.00 bits per heavy atom. The molecule has 34 heavy (non-hydrogen) atoms. The Morgan fingerprint density at radius 1 is 1.21 bits per heavy atom. The zero-order valence-corrected chi connectivity index (χ0v) is 20.9. The van der Waals surface area contributed by atoms with Gasteiger partial charge in [0.25, 0.3) is 10.0 Å². The molecule has 3 aromatic rings. The number of sulfonamides is 1. The summed E-state index contributed by atoms with van der Waals surface area (Å²) in [5.41, 5.74) is 0.770. The molecule has 0 aliphatic carbocycles. The van der Waals surface area contributed by atoms with Crippen molar-refractivity contribution in [3.05, 3.63) is 53.1 Å². The van der Waals surface area contributed by atoms with Crippen molar-refractivity contribution in [1.82, 2.24) is 9.36 Å². The molecule has 9 nitrogen and oxygen atoms in total. The number of methoxy groups -OCH3 is 2. The van der Waals surface area contributed by atoms with Gasteiger partial charge in [0.15, 0.2) is 0 Å². The van der Waals surface area contributed by atoms with Gasteiger partial charge in [0.2, 0.25) is 5.13 Å². The molecule has 0 radical (unpaired) electrons. The topological polar surface area (TPSA) is 114 Å². The van der Waals surface area contributed by atoms with Crippen molar-refractivity contribution in [1.29, 1.82) is 0 Å². The summed E-state index contributed by atoms with van der Waals surface area (Å²) in [5.74, 6) is -0.0407. The molecule has 1 heterocycles. The zero-order valence-electron chi connectivity index (χ0n) is 18.5. The van der Waals surface area contributed by atoms with Crippen LogP contribution in [0.25, 0.3) is 0 Å². The maximum atomic E-state index is 15.1. The van der Waals surface area contributed by atoms with Gasteiger partial charge in [0, 0.05) is 36.3 Å². The number of unbranched alkanes of at least 4 members (excludes halogenated alkanes) is 1. The lowest BCUT2D eigenvalue weighted by molar-refractivity contribution is 0.286. The van der Waals surface area contributed by atoms with Crippen molar-refractivity contribution in [2.24, 2.45) is 0 Å². The van der Waals surface area contributed by atoms with Crippen molar-refractivity contribution in [2.75, 3.05) is 37.0 Å². The summed E-state index contributed by atoms with van der Waals surface area (Å²) in [4.78, 5) is 3.43. The van der Waals surface area contributed by atoms with Crippen LogP contribution >= 0.6 is 23.1 Å². The molecule has 0 bridgehead atoms. The highest BCUT2D eigenvalue weighted by Crippen LogP contribution is 2.34. The van der Waals surface area contributed by atoms with Crippen LogP contribution in [0.3, 0.4) is 0 Å². The van der Waals surface area contributed by atoms with Crippen molar-refractivity contribution < 1.29 is 27.4 Å². The summed E-state index contributed by atoms with van der Waals surface area (Å²) >= 11 is 7.12. The van der Waals surface area contributed by atoms with Gasteiger partial charge in [-0.2, -0.15) is 4.37 Å². The fourth-order valence-electron chi connectivity index (χ4n) is 3.11. The molecule has 0 spiro atoms. The van der Waals surface area contributed by atoms with Gasteiger partial charge in [-0.15, -0.1) is 0 Å². The number of nitrogens with zero attached hydrogens (tertiary/aromatic N) is 3. The second kappa shape index (κ2) is 11.6. The number of anilines is 2. The number of hydrogen-bond donors (Lipinski definition) is 2. The molecular weight excluding hydrogens is 507 g/mol. The van der Waals surface area contributed by atoms with E-state index in [1.807, 2.05) is 0 Å². The molecule has 3 rings (SSSR count). The van der Waals surface area contributed by atoms with Crippen LogP contribution in [0.4, 0.5) is 15.2 Å². The van der Waals surface area contributed by atoms with Gasteiger partial charge in [-0.3, -0.25) is 0 Å². The number of hydrogen-bond acceptors (Lipinski definition) is 9. The number of rotatable bonds is 12. The molecule has 0 atom stereocenters. The fourth-order valence-corrected chi connectivity index (χ4v) is 5.61. The van der Waals surface area contributed by atoms with Crippen LogP contribution in [-0.4, -0.2) is 50.3 Å². The maximum absolute atomic E-state index is 15.1. The number of aromatic nitrogens is 2. The van der Waals surface area contributed by atoms with E-state index in [2.05, 4.69) is 14.7 Å². The van der Waals surface area contributed by atoms with Crippen LogP contribution in [-0.2, 0) is 16.6 Å². The fraction of sp³-hybridized carbons (Fsp3) is 0.333. The number of nitrogens with one attached hydrogen (secondary N) is 1. The summed E-state index contributed by atoms with van der Waals surface area (Å²) in [6.45, 7) is 0.296. The normalized spacial score (nSPS) is 11.3. The van der Waals surface area contributed by atoms with Crippen molar-refractivity contribution >= 4 is 44.0 Å². The average Bonchev–Trinajstić information content (AvgIpc) is 3.36. The second-order valence-corrected chi connectivity index (χ2v) is 10.0. The van der Waals surface area contributed by atoms with E-state index in [9.17, 15) is 8.42 Å². The lowest BCUT2D eigenvalue weighted by atomic mass is 10.2. The quantitative estimate of drug-likeness (QED) is 0.339. The molecule has 0 unspecified atom stereocenters. The van der Waals surface area contributed by atoms with Gasteiger partial charge in [-0.1, -0.05) is 11.6 Å². The number of aliphatic hydroxyl groups is 1. The van der Waals surface area contributed by atoms with Crippen LogP contribution in [0.1, 0.15) is 18.4 Å². The zero-order chi connectivity index (χ0) is 24.7. The SMILES string of the molecule is COc1ccc(CN(c2ncns2)S(=O)(=O)c2cc(Cl)c(NCCCCO)cc2F)c(OC)c1. The van der Waals surface area contributed by atoms with E-state index in [1.54, 1.807) is 18.2 Å². The molecule has 0 aliphatic heterocycles. The van der Waals surface area contributed by atoms with Crippen molar-refractivity contribution in [3.63, 3.8) is 0 Å². The summed E-state index contributed by atoms with van der Waals surface area (Å²) in [5, 5.41) is 11.9. The molecular formula is C21H24ClFN4O5S2. The minimum Gasteiger partial charge on any atom is -0.497 e. The number of aliphatic hydroxyl groups excluding tert-OH is 1. The minimum atomic E-state index is -4.43. The third-order valence-electron chi connectivity index (χ3n) is 4.86. The highest BCUT2D eigenvalue weighted by Gasteiger charge is 2.32. The summed E-state index contributed by atoms with van der Waals surface area (Å²) in [7, 11) is -1.47.